The van der Waals surface area contributed by atoms with Crippen LogP contribution in [0.3, 0.4) is 0 Å². The first kappa shape index (κ1) is 12.9. The fraction of sp³-hybridized carbons (Fsp3) is 0.125. The van der Waals surface area contributed by atoms with Gasteiger partial charge in [0.05, 0.1) is 0 Å². The Morgan fingerprint density at radius 2 is 1.60 bits per heavy atom. The molecule has 0 heterocycles. The quantitative estimate of drug-likeness (QED) is 0.636. The van der Waals surface area contributed by atoms with Crippen molar-refractivity contribution in [2.24, 2.45) is 0 Å². The molecule has 1 rings (SSSR count). The van der Waals surface area contributed by atoms with Crippen molar-refractivity contribution in [2.45, 2.75) is 6.54 Å². The Balaban J connectivity index is 0. The molecule has 0 atom stereocenters. The van der Waals surface area contributed by atoms with Gasteiger partial charge in [0.25, 0.3) is 0 Å². The second-order valence-corrected chi connectivity index (χ2v) is 1.66. The molecule has 1 N–H and O–H groups in total. The van der Waals surface area contributed by atoms with E-state index in [-0.39, 0.29) is 40.1 Å². The van der Waals surface area contributed by atoms with Crippen LogP contribution in [0.5, 0.6) is 0 Å². The minimum atomic E-state index is 0. The second kappa shape index (κ2) is 7.39. The topological polar surface area (TPSA) is 23.8 Å². The summed E-state index contributed by atoms with van der Waals surface area (Å²) < 4.78 is 0. The summed E-state index contributed by atoms with van der Waals surface area (Å²) in [7, 11) is 0. The molecule has 2 heteroatoms. The van der Waals surface area contributed by atoms with Crippen LogP contribution in [-0.2, 0) is 39.3 Å². The molecular formula is C8H11NY-2. The van der Waals surface area contributed by atoms with Gasteiger partial charge in [-0.3, -0.25) is 0 Å². The average molecular weight is 210 g/mol. The first-order chi connectivity index (χ1) is 3.93. The Hall–Kier alpha value is 0.284. The molecule has 1 aromatic carbocycles. The summed E-state index contributed by atoms with van der Waals surface area (Å²) in [5, 5.41) is 0. The van der Waals surface area contributed by atoms with Gasteiger partial charge < -0.3 is 13.2 Å². The van der Waals surface area contributed by atoms with Crippen molar-refractivity contribution in [3.8, 4) is 0 Å². The molecule has 0 unspecified atom stereocenters. The predicted octanol–water partition coefficient (Wildman–Crippen LogP) is 2.69. The maximum Gasteiger partial charge on any atom is 0 e. The summed E-state index contributed by atoms with van der Waals surface area (Å²) in [5.74, 6) is 0. The smallest absolute Gasteiger partial charge is 0 e. The van der Waals surface area contributed by atoms with E-state index >= 15 is 0 Å². The van der Waals surface area contributed by atoms with Crippen molar-refractivity contribution in [1.29, 1.82) is 0 Å². The third-order valence-electron chi connectivity index (χ3n) is 1.05. The van der Waals surface area contributed by atoms with Crippen LogP contribution in [0.15, 0.2) is 30.3 Å². The van der Waals surface area contributed by atoms with Gasteiger partial charge in [-0.2, -0.15) is 0 Å². The maximum absolute atomic E-state index is 6.94. The first-order valence-electron chi connectivity index (χ1n) is 2.62. The summed E-state index contributed by atoms with van der Waals surface area (Å²) in [6.07, 6.45) is 0. The van der Waals surface area contributed by atoms with Crippen molar-refractivity contribution in [3.05, 3.63) is 49.1 Å². The van der Waals surface area contributed by atoms with Gasteiger partial charge in [0.2, 0.25) is 0 Å². The van der Waals surface area contributed by atoms with Crippen LogP contribution < -0.4 is 0 Å². The summed E-state index contributed by atoms with van der Waals surface area (Å²) >= 11 is 0. The summed E-state index contributed by atoms with van der Waals surface area (Å²) in [6, 6.07) is 9.76. The Labute approximate surface area is 87.9 Å². The maximum atomic E-state index is 6.94. The monoisotopic (exact) mass is 210 g/mol. The Bertz CT molecular complexity index is 151. The van der Waals surface area contributed by atoms with Gasteiger partial charge in [-0.05, 0) is 0 Å². The van der Waals surface area contributed by atoms with E-state index in [0.717, 1.165) is 5.56 Å². The molecule has 0 saturated carbocycles. The third kappa shape index (κ3) is 4.16. The van der Waals surface area contributed by atoms with Gasteiger partial charge in [0.1, 0.15) is 0 Å². The molecule has 0 spiro atoms. The third-order valence-corrected chi connectivity index (χ3v) is 1.05. The van der Waals surface area contributed by atoms with Crippen LogP contribution >= 0.6 is 0 Å². The Morgan fingerprint density at radius 3 is 1.90 bits per heavy atom. The van der Waals surface area contributed by atoms with Gasteiger partial charge in [-0.15, -0.1) is 6.54 Å². The van der Waals surface area contributed by atoms with E-state index in [1.54, 1.807) is 0 Å². The zero-order valence-electron chi connectivity index (χ0n) is 6.17. The fourth-order valence-corrected chi connectivity index (χ4v) is 0.596. The molecule has 0 bridgehead atoms. The van der Waals surface area contributed by atoms with Crippen LogP contribution in [0.2, 0.25) is 0 Å². The van der Waals surface area contributed by atoms with Crippen LogP contribution in [-0.4, -0.2) is 0 Å². The normalized spacial score (nSPS) is 7.30. The number of rotatable bonds is 1. The molecule has 1 radical (unpaired) electrons. The molecule has 1 aromatic rings. The van der Waals surface area contributed by atoms with Gasteiger partial charge in [-0.25, -0.2) is 0 Å². The van der Waals surface area contributed by atoms with Gasteiger partial charge in [0, 0.05) is 32.7 Å². The predicted molar refractivity (Wildman–Crippen MR) is 40.9 cm³/mol. The fourth-order valence-electron chi connectivity index (χ4n) is 0.596. The summed E-state index contributed by atoms with van der Waals surface area (Å²) in [5.41, 5.74) is 8.02. The number of benzene rings is 1. The second-order valence-electron chi connectivity index (χ2n) is 1.66. The Kier molecular flexibility index (Phi) is 9.55. The van der Waals surface area contributed by atoms with Crippen molar-refractivity contribution in [1.82, 2.24) is 0 Å². The Morgan fingerprint density at radius 1 is 1.10 bits per heavy atom. The van der Waals surface area contributed by atoms with E-state index in [1.165, 1.54) is 0 Å². The number of hydrogen-bond acceptors (Lipinski definition) is 0. The van der Waals surface area contributed by atoms with E-state index in [4.69, 9.17) is 5.73 Å². The van der Waals surface area contributed by atoms with Crippen molar-refractivity contribution < 1.29 is 32.7 Å². The molecule has 1 nitrogen and oxygen atoms in total. The van der Waals surface area contributed by atoms with Crippen LogP contribution in [0, 0.1) is 7.43 Å². The molecule has 0 saturated heterocycles. The molecule has 53 valence electrons. The van der Waals surface area contributed by atoms with E-state index in [2.05, 4.69) is 0 Å². The first-order valence-corrected chi connectivity index (χ1v) is 2.62. The van der Waals surface area contributed by atoms with Gasteiger partial charge >= 0.3 is 0 Å². The molecule has 0 fully saturated rings. The van der Waals surface area contributed by atoms with Crippen LogP contribution in [0.1, 0.15) is 5.56 Å². The SMILES string of the molecule is [CH3-].[NH-]Cc1ccccc1.[Y]. The standard InChI is InChI=1S/C7H8N.CH3.Y/c8-6-7-4-2-1-3-5-7;;/h1-5,8H,6H2;1H3;/q2*-1;. The van der Waals surface area contributed by atoms with E-state index < -0.39 is 0 Å². The molecular weight excluding hydrogens is 199 g/mol. The van der Waals surface area contributed by atoms with Crippen molar-refractivity contribution >= 4 is 0 Å². The number of nitrogens with one attached hydrogen (secondary N) is 1. The minimum Gasteiger partial charge on any atom is -0.674 e. The largest absolute Gasteiger partial charge is 0.674 e. The summed E-state index contributed by atoms with van der Waals surface area (Å²) in [4.78, 5) is 0. The molecule has 0 amide bonds. The summed E-state index contributed by atoms with van der Waals surface area (Å²) in [6.45, 7) is 0.390. The molecule has 0 aliphatic carbocycles. The average Bonchev–Trinajstić information content (AvgIpc) is 1.90. The zero-order valence-corrected chi connectivity index (χ0v) is 9.01. The molecule has 0 aliphatic heterocycles. The molecule has 0 aliphatic rings. The van der Waals surface area contributed by atoms with Crippen molar-refractivity contribution in [3.63, 3.8) is 0 Å². The number of hydrogen-bond donors (Lipinski definition) is 0. The van der Waals surface area contributed by atoms with Gasteiger partial charge in [-0.1, -0.05) is 35.9 Å². The minimum absolute atomic E-state index is 0. The van der Waals surface area contributed by atoms with Crippen LogP contribution in [0.4, 0.5) is 0 Å². The molecule has 0 aromatic heterocycles. The molecule has 10 heavy (non-hydrogen) atoms. The zero-order chi connectivity index (χ0) is 5.82. The van der Waals surface area contributed by atoms with E-state index in [0.29, 0.717) is 6.54 Å². The van der Waals surface area contributed by atoms with Gasteiger partial charge in [0.15, 0.2) is 0 Å². The van der Waals surface area contributed by atoms with E-state index in [9.17, 15) is 0 Å². The van der Waals surface area contributed by atoms with Crippen LogP contribution in [0.25, 0.3) is 5.73 Å². The van der Waals surface area contributed by atoms with E-state index in [1.807, 2.05) is 30.3 Å². The van der Waals surface area contributed by atoms with Crippen molar-refractivity contribution in [2.75, 3.05) is 0 Å².